The van der Waals surface area contributed by atoms with Gasteiger partial charge in [0.1, 0.15) is 5.75 Å². The predicted octanol–water partition coefficient (Wildman–Crippen LogP) is 5.44. The van der Waals surface area contributed by atoms with Crippen molar-refractivity contribution in [3.8, 4) is 5.75 Å². The zero-order valence-corrected chi connectivity index (χ0v) is 17.1. The molecule has 0 unspecified atom stereocenters. The highest BCUT2D eigenvalue weighted by Crippen LogP contribution is 2.50. The average molecular weight is 587 g/mol. The van der Waals surface area contributed by atoms with Crippen LogP contribution in [0.15, 0.2) is 41.4 Å². The lowest BCUT2D eigenvalue weighted by atomic mass is 10.3. The standard InChI is InChI=1S/C11H7Br5O3/c1-2-9(17)19-11(15,16)10(13,14)18-8-6-4-3-5-7(8)12/h2-6H,1H2. The van der Waals surface area contributed by atoms with E-state index >= 15 is 0 Å². The maximum Gasteiger partial charge on any atom is 0.332 e. The molecule has 0 saturated heterocycles. The van der Waals surface area contributed by atoms with Gasteiger partial charge in [-0.3, -0.25) is 0 Å². The number of carbonyl (C=O) groups excluding carboxylic acids is 1. The van der Waals surface area contributed by atoms with Gasteiger partial charge in [0.05, 0.1) is 4.47 Å². The first-order valence-corrected chi connectivity index (χ1v) is 8.70. The largest absolute Gasteiger partial charge is 0.459 e. The number of benzene rings is 1. The fourth-order valence-electron chi connectivity index (χ4n) is 0.952. The minimum atomic E-state index is -1.34. The average Bonchev–Trinajstić information content (AvgIpc) is 2.31. The summed E-state index contributed by atoms with van der Waals surface area (Å²) in [5.74, 6) is -0.0677. The number of alkyl halides is 4. The van der Waals surface area contributed by atoms with E-state index in [9.17, 15) is 4.79 Å². The van der Waals surface area contributed by atoms with Gasteiger partial charge in [0.2, 0.25) is 0 Å². The minimum Gasteiger partial charge on any atom is -0.459 e. The molecule has 1 aromatic rings. The van der Waals surface area contributed by atoms with Gasteiger partial charge >= 0.3 is 5.97 Å². The summed E-state index contributed by atoms with van der Waals surface area (Å²) in [7, 11) is 0. The topological polar surface area (TPSA) is 35.5 Å². The summed E-state index contributed by atoms with van der Waals surface area (Å²) >= 11 is 16.4. The number of hydrogen-bond acceptors (Lipinski definition) is 3. The van der Waals surface area contributed by atoms with Crippen LogP contribution in [0, 0.1) is 0 Å². The van der Waals surface area contributed by atoms with Crippen molar-refractivity contribution in [1.82, 2.24) is 0 Å². The van der Waals surface area contributed by atoms with Crippen LogP contribution in [0.2, 0.25) is 0 Å². The summed E-state index contributed by atoms with van der Waals surface area (Å²) in [5.41, 5.74) is 0. The van der Waals surface area contributed by atoms with Crippen molar-refractivity contribution in [2.24, 2.45) is 0 Å². The van der Waals surface area contributed by atoms with Crippen molar-refractivity contribution >= 4 is 85.6 Å². The Morgan fingerprint density at radius 1 is 1.16 bits per heavy atom. The van der Waals surface area contributed by atoms with Gasteiger partial charge in [-0.05, 0) is 91.8 Å². The van der Waals surface area contributed by atoms with E-state index in [2.05, 4.69) is 86.2 Å². The van der Waals surface area contributed by atoms with Crippen molar-refractivity contribution in [2.75, 3.05) is 0 Å². The molecule has 0 aliphatic rings. The normalized spacial score (nSPS) is 11.8. The van der Waals surface area contributed by atoms with Crippen molar-refractivity contribution in [3.05, 3.63) is 41.4 Å². The predicted molar refractivity (Wildman–Crippen MR) is 92.2 cm³/mol. The Labute approximate surface area is 152 Å². The van der Waals surface area contributed by atoms with Gasteiger partial charge in [-0.2, -0.15) is 0 Å². The second-order valence-corrected chi connectivity index (χ2v) is 10.6. The molecule has 0 aliphatic heterocycles. The maximum absolute atomic E-state index is 11.3. The number of hydrogen-bond donors (Lipinski definition) is 0. The zero-order chi connectivity index (χ0) is 14.7. The molecule has 0 aromatic heterocycles. The second kappa shape index (κ2) is 7.06. The Morgan fingerprint density at radius 2 is 1.74 bits per heavy atom. The van der Waals surface area contributed by atoms with Gasteiger partial charge in [-0.25, -0.2) is 4.79 Å². The molecule has 0 bridgehead atoms. The van der Waals surface area contributed by atoms with E-state index in [-0.39, 0.29) is 0 Å². The first kappa shape index (κ1) is 17.7. The molecule has 8 heteroatoms. The fraction of sp³-hybridized carbons (Fsp3) is 0.182. The van der Waals surface area contributed by atoms with Gasteiger partial charge in [0.15, 0.2) is 0 Å². The number of halogens is 5. The Hall–Kier alpha value is 0.630. The number of esters is 1. The van der Waals surface area contributed by atoms with E-state index in [4.69, 9.17) is 9.47 Å². The van der Waals surface area contributed by atoms with Gasteiger partial charge in [-0.1, -0.05) is 18.7 Å². The molecule has 0 aliphatic carbocycles. The molecule has 3 nitrogen and oxygen atoms in total. The molecule has 0 N–H and O–H groups in total. The molecule has 19 heavy (non-hydrogen) atoms. The van der Waals surface area contributed by atoms with Crippen LogP contribution in [0.1, 0.15) is 0 Å². The van der Waals surface area contributed by atoms with E-state index in [0.717, 1.165) is 10.5 Å². The third-order valence-corrected chi connectivity index (χ3v) is 7.47. The molecular formula is C11H7Br5O3. The summed E-state index contributed by atoms with van der Waals surface area (Å²) in [6, 6.07) is 7.25. The highest BCUT2D eigenvalue weighted by molar-refractivity contribution is 9.30. The summed E-state index contributed by atoms with van der Waals surface area (Å²) in [5, 5.41) is 0. The van der Waals surface area contributed by atoms with Crippen LogP contribution in [0.25, 0.3) is 0 Å². The quantitative estimate of drug-likeness (QED) is 0.262. The maximum atomic E-state index is 11.3. The highest BCUT2D eigenvalue weighted by Gasteiger charge is 2.51. The van der Waals surface area contributed by atoms with Crippen LogP contribution in [0.3, 0.4) is 0 Å². The van der Waals surface area contributed by atoms with Crippen molar-refractivity contribution < 1.29 is 14.3 Å². The first-order chi connectivity index (χ1) is 8.69. The number of carbonyl (C=O) groups is 1. The van der Waals surface area contributed by atoms with E-state index in [1.807, 2.05) is 18.2 Å². The Morgan fingerprint density at radius 3 is 2.26 bits per heavy atom. The minimum absolute atomic E-state index is 0.550. The van der Waals surface area contributed by atoms with E-state index in [0.29, 0.717) is 5.75 Å². The van der Waals surface area contributed by atoms with Gasteiger partial charge < -0.3 is 9.47 Å². The zero-order valence-electron chi connectivity index (χ0n) is 9.21. The number of rotatable bonds is 5. The Kier molecular flexibility index (Phi) is 6.57. The lowest BCUT2D eigenvalue weighted by Gasteiger charge is -2.33. The third-order valence-electron chi connectivity index (χ3n) is 1.81. The molecule has 0 saturated carbocycles. The molecule has 104 valence electrons. The molecule has 1 aromatic carbocycles. The SMILES string of the molecule is C=CC(=O)OC(Br)(Br)C(Br)(Br)Oc1ccccc1Br. The third kappa shape index (κ3) is 4.84. The monoisotopic (exact) mass is 582 g/mol. The van der Waals surface area contributed by atoms with Crippen molar-refractivity contribution in [2.45, 2.75) is 6.84 Å². The van der Waals surface area contributed by atoms with Crippen LogP contribution in [0.5, 0.6) is 5.75 Å². The summed E-state index contributed by atoms with van der Waals surface area (Å²) in [6.07, 6.45) is 1.05. The molecule has 0 atom stereocenters. The highest BCUT2D eigenvalue weighted by atomic mass is 79.9. The first-order valence-electron chi connectivity index (χ1n) is 4.74. The summed E-state index contributed by atoms with van der Waals surface area (Å²) in [4.78, 5) is 11.3. The fourth-order valence-corrected chi connectivity index (χ4v) is 2.31. The molecule has 0 fully saturated rings. The molecular weight excluding hydrogens is 580 g/mol. The van der Waals surface area contributed by atoms with Crippen LogP contribution in [0.4, 0.5) is 0 Å². The Balaban J connectivity index is 2.94. The number of para-hydroxylation sites is 1. The van der Waals surface area contributed by atoms with Gasteiger partial charge in [0.25, 0.3) is 6.84 Å². The van der Waals surface area contributed by atoms with Gasteiger partial charge in [0, 0.05) is 6.08 Å². The number of ether oxygens (including phenoxy) is 2. The molecule has 1 rings (SSSR count). The smallest absolute Gasteiger partial charge is 0.332 e. The molecule has 0 amide bonds. The molecule has 0 radical (unpaired) electrons. The Bertz CT molecular complexity index is 487. The lowest BCUT2D eigenvalue weighted by Crippen LogP contribution is -2.43. The van der Waals surface area contributed by atoms with Crippen LogP contribution >= 0.6 is 79.6 Å². The molecule has 0 heterocycles. The van der Waals surface area contributed by atoms with Crippen LogP contribution < -0.4 is 4.74 Å². The van der Waals surface area contributed by atoms with E-state index < -0.39 is 12.8 Å². The summed E-state index contributed by atoms with van der Waals surface area (Å²) < 4.78 is 9.00. The second-order valence-electron chi connectivity index (χ2n) is 3.19. The van der Waals surface area contributed by atoms with Crippen molar-refractivity contribution in [1.29, 1.82) is 0 Å². The van der Waals surface area contributed by atoms with Crippen LogP contribution in [-0.2, 0) is 9.53 Å². The van der Waals surface area contributed by atoms with E-state index in [1.54, 1.807) is 6.07 Å². The van der Waals surface area contributed by atoms with Crippen molar-refractivity contribution in [3.63, 3.8) is 0 Å². The lowest BCUT2D eigenvalue weighted by molar-refractivity contribution is -0.142. The van der Waals surface area contributed by atoms with E-state index in [1.165, 1.54) is 0 Å². The molecule has 0 spiro atoms. The van der Waals surface area contributed by atoms with Gasteiger partial charge in [-0.15, -0.1) is 0 Å². The van der Waals surface area contributed by atoms with Crippen LogP contribution in [-0.4, -0.2) is 12.8 Å². The summed E-state index contributed by atoms with van der Waals surface area (Å²) in [6.45, 7) is 3.33.